The molecule has 3 atom stereocenters. The van der Waals surface area contributed by atoms with Crippen molar-refractivity contribution in [2.75, 3.05) is 5.32 Å². The molecule has 27 heavy (non-hydrogen) atoms. The molecule has 150 valence electrons. The minimum Gasteiger partial charge on any atom is -0.480 e. The van der Waals surface area contributed by atoms with Crippen LogP contribution in [0.25, 0.3) is 0 Å². The molecule has 0 bridgehead atoms. The van der Waals surface area contributed by atoms with Crippen LogP contribution < -0.4 is 11.1 Å². The number of aliphatic hydroxyl groups is 2. The van der Waals surface area contributed by atoms with Crippen LogP contribution in [-0.2, 0) is 25.7 Å². The third-order valence-electron chi connectivity index (χ3n) is 4.19. The fourth-order valence-electron chi connectivity index (χ4n) is 2.20. The highest BCUT2D eigenvalue weighted by Gasteiger charge is 2.40. The highest BCUT2D eigenvalue weighted by molar-refractivity contribution is 5.91. The molecule has 1 rings (SSSR count). The van der Waals surface area contributed by atoms with Crippen LogP contribution in [0.5, 0.6) is 0 Å². The number of ether oxygens (including phenoxy) is 1. The molecule has 0 saturated heterocycles. The van der Waals surface area contributed by atoms with Gasteiger partial charge in [-0.15, -0.1) is 0 Å². The zero-order chi connectivity index (χ0) is 20.6. The topological polar surface area (TPSA) is 159 Å². The van der Waals surface area contributed by atoms with E-state index in [1.807, 2.05) is 0 Å². The van der Waals surface area contributed by atoms with Gasteiger partial charge in [-0.1, -0.05) is 19.1 Å². The van der Waals surface area contributed by atoms with E-state index in [1.165, 1.54) is 6.92 Å². The number of rotatable bonds is 10. The summed E-state index contributed by atoms with van der Waals surface area (Å²) in [6.07, 6.45) is -1.25. The molecule has 0 fully saturated rings. The van der Waals surface area contributed by atoms with Crippen LogP contribution in [0.1, 0.15) is 38.7 Å². The van der Waals surface area contributed by atoms with E-state index in [-0.39, 0.29) is 31.8 Å². The highest BCUT2D eigenvalue weighted by Crippen LogP contribution is 2.19. The van der Waals surface area contributed by atoms with E-state index < -0.39 is 29.7 Å². The summed E-state index contributed by atoms with van der Waals surface area (Å²) in [6.45, 7) is 2.77. The Morgan fingerprint density at radius 1 is 1.26 bits per heavy atom. The molecule has 1 aromatic carbocycles. The van der Waals surface area contributed by atoms with E-state index in [4.69, 9.17) is 15.6 Å². The van der Waals surface area contributed by atoms with E-state index in [2.05, 4.69) is 5.32 Å². The lowest BCUT2D eigenvalue weighted by atomic mass is 9.95. The molecule has 0 heterocycles. The van der Waals surface area contributed by atoms with Gasteiger partial charge in [-0.25, -0.2) is 4.79 Å². The van der Waals surface area contributed by atoms with E-state index >= 15 is 0 Å². The molecule has 0 radical (unpaired) electrons. The predicted octanol–water partition coefficient (Wildman–Crippen LogP) is 0.382. The fourth-order valence-corrected chi connectivity index (χ4v) is 2.20. The number of carboxylic acids is 1. The molecule has 9 nitrogen and oxygen atoms in total. The van der Waals surface area contributed by atoms with Crippen molar-refractivity contribution < 1.29 is 34.4 Å². The lowest BCUT2D eigenvalue weighted by Gasteiger charge is -2.27. The Labute approximate surface area is 157 Å². The van der Waals surface area contributed by atoms with Crippen molar-refractivity contribution in [2.24, 2.45) is 5.73 Å². The number of aliphatic hydroxyl groups excluding tert-OH is 1. The van der Waals surface area contributed by atoms with Crippen LogP contribution in [0.4, 0.5) is 5.69 Å². The maximum Gasteiger partial charge on any atom is 0.341 e. The molecule has 0 aromatic heterocycles. The van der Waals surface area contributed by atoms with Crippen molar-refractivity contribution in [1.29, 1.82) is 0 Å². The number of esters is 1. The summed E-state index contributed by atoms with van der Waals surface area (Å²) in [4.78, 5) is 34.3. The average Bonchev–Trinajstić information content (AvgIpc) is 2.64. The van der Waals surface area contributed by atoms with E-state index in [0.29, 0.717) is 11.3 Å². The Hall–Kier alpha value is -2.49. The predicted molar refractivity (Wildman–Crippen MR) is 96.6 cm³/mol. The summed E-state index contributed by atoms with van der Waals surface area (Å²) in [6, 6.07) is 5.35. The third-order valence-corrected chi connectivity index (χ3v) is 4.19. The summed E-state index contributed by atoms with van der Waals surface area (Å²) in [5.41, 5.74) is 4.50. The summed E-state index contributed by atoms with van der Waals surface area (Å²) in [5.74, 6) is -2.43. The van der Waals surface area contributed by atoms with E-state index in [9.17, 15) is 24.6 Å². The Kier molecular flexibility index (Phi) is 8.35. The summed E-state index contributed by atoms with van der Waals surface area (Å²) < 4.78 is 5.05. The first-order valence-electron chi connectivity index (χ1n) is 8.55. The third kappa shape index (κ3) is 6.63. The van der Waals surface area contributed by atoms with Gasteiger partial charge in [0.1, 0.15) is 12.6 Å². The smallest absolute Gasteiger partial charge is 0.341 e. The van der Waals surface area contributed by atoms with Gasteiger partial charge in [0.25, 0.3) is 0 Å². The Morgan fingerprint density at radius 3 is 2.33 bits per heavy atom. The first-order valence-corrected chi connectivity index (χ1v) is 8.55. The monoisotopic (exact) mass is 382 g/mol. The van der Waals surface area contributed by atoms with Crippen LogP contribution in [-0.4, -0.2) is 50.9 Å². The minimum atomic E-state index is -1.95. The van der Waals surface area contributed by atoms with E-state index in [1.54, 1.807) is 31.2 Å². The number of benzene rings is 1. The molecule has 9 heteroatoms. The average molecular weight is 382 g/mol. The lowest BCUT2D eigenvalue weighted by Crippen LogP contribution is -2.48. The number of hydrogen-bond donors (Lipinski definition) is 5. The first-order chi connectivity index (χ1) is 12.6. The summed E-state index contributed by atoms with van der Waals surface area (Å²) >= 11 is 0. The number of nitrogens with one attached hydrogen (secondary N) is 1. The molecule has 1 amide bonds. The van der Waals surface area contributed by atoms with E-state index in [0.717, 1.165) is 0 Å². The van der Waals surface area contributed by atoms with Gasteiger partial charge in [-0.3, -0.25) is 9.59 Å². The molecule has 0 aliphatic heterocycles. The van der Waals surface area contributed by atoms with Gasteiger partial charge in [0.2, 0.25) is 5.91 Å². The van der Waals surface area contributed by atoms with Gasteiger partial charge in [0.05, 0.1) is 6.10 Å². The molecular formula is C18H26N2O7. The zero-order valence-electron chi connectivity index (χ0n) is 15.3. The van der Waals surface area contributed by atoms with Crippen molar-refractivity contribution in [2.45, 2.75) is 57.5 Å². The molecule has 0 aliphatic carbocycles. The number of nitrogens with two attached hydrogens (primary N) is 1. The standard InChI is InChI=1S/C18H26N2O7/c1-3-18(26,11(2)21)17(25)27-10-12-4-6-13(7-5-12)20-15(22)9-8-14(19)16(23)24/h4-7,11,14,21,26H,3,8-10,19H2,1-2H3,(H,20,22)(H,23,24)/t11-,14-,18-/m0/s1. The van der Waals surface area contributed by atoms with Crippen LogP contribution in [0.15, 0.2) is 24.3 Å². The van der Waals surface area contributed by atoms with Crippen molar-refractivity contribution in [3.63, 3.8) is 0 Å². The van der Waals surface area contributed by atoms with Crippen molar-refractivity contribution in [1.82, 2.24) is 0 Å². The van der Waals surface area contributed by atoms with Crippen molar-refractivity contribution >= 4 is 23.5 Å². The van der Waals surface area contributed by atoms with Crippen molar-refractivity contribution in [3.8, 4) is 0 Å². The lowest BCUT2D eigenvalue weighted by molar-refractivity contribution is -0.179. The normalized spacial score (nSPS) is 15.3. The SMILES string of the molecule is CC[C@@](O)(C(=O)OCc1ccc(NC(=O)CC[C@H](N)C(=O)O)cc1)[C@H](C)O. The molecule has 6 N–H and O–H groups in total. The second kappa shape index (κ2) is 10.0. The highest BCUT2D eigenvalue weighted by atomic mass is 16.6. The molecular weight excluding hydrogens is 356 g/mol. The molecule has 0 aliphatic rings. The quantitative estimate of drug-likeness (QED) is 0.363. The number of aliphatic carboxylic acids is 1. The van der Waals surface area contributed by atoms with Crippen LogP contribution in [0.2, 0.25) is 0 Å². The fraction of sp³-hybridized carbons (Fsp3) is 0.500. The number of amides is 1. The van der Waals surface area contributed by atoms with Gasteiger partial charge >= 0.3 is 11.9 Å². The Balaban J connectivity index is 2.53. The molecule has 0 saturated carbocycles. The zero-order valence-corrected chi connectivity index (χ0v) is 15.3. The first kappa shape index (κ1) is 22.6. The van der Waals surface area contributed by atoms with Crippen LogP contribution >= 0.6 is 0 Å². The Bertz CT molecular complexity index is 660. The summed E-state index contributed by atoms with van der Waals surface area (Å²) in [7, 11) is 0. The minimum absolute atomic E-state index is 0.0139. The maximum atomic E-state index is 12.0. The number of carbonyl (C=O) groups excluding carboxylic acids is 2. The number of carbonyl (C=O) groups is 3. The van der Waals surface area contributed by atoms with Crippen LogP contribution in [0.3, 0.4) is 0 Å². The number of hydrogen-bond acceptors (Lipinski definition) is 7. The van der Waals surface area contributed by atoms with Gasteiger partial charge < -0.3 is 31.1 Å². The summed E-state index contributed by atoms with van der Waals surface area (Å²) in [5, 5.41) is 30.9. The molecule has 1 aromatic rings. The van der Waals surface area contributed by atoms with Gasteiger partial charge in [0, 0.05) is 12.1 Å². The molecule has 0 unspecified atom stereocenters. The largest absolute Gasteiger partial charge is 0.480 e. The van der Waals surface area contributed by atoms with Gasteiger partial charge in [-0.05, 0) is 37.5 Å². The number of anilines is 1. The molecule has 0 spiro atoms. The van der Waals surface area contributed by atoms with Gasteiger partial charge in [-0.2, -0.15) is 0 Å². The number of carboxylic acid groups (broad SMARTS) is 1. The second-order valence-electron chi connectivity index (χ2n) is 6.26. The van der Waals surface area contributed by atoms with Gasteiger partial charge in [0.15, 0.2) is 5.60 Å². The second-order valence-corrected chi connectivity index (χ2v) is 6.26. The van der Waals surface area contributed by atoms with Crippen LogP contribution in [0, 0.1) is 0 Å². The maximum absolute atomic E-state index is 12.0. The Morgan fingerprint density at radius 2 is 1.85 bits per heavy atom. The van der Waals surface area contributed by atoms with Crippen molar-refractivity contribution in [3.05, 3.63) is 29.8 Å².